The van der Waals surface area contributed by atoms with Crippen LogP contribution in [0.4, 0.5) is 0 Å². The molecule has 0 saturated carbocycles. The van der Waals surface area contributed by atoms with Crippen LogP contribution in [0.15, 0.2) is 109 Å². The molecule has 5 aromatic carbocycles. The van der Waals surface area contributed by atoms with Crippen molar-refractivity contribution in [2.45, 2.75) is 86.5 Å². The van der Waals surface area contributed by atoms with Crippen molar-refractivity contribution in [2.75, 3.05) is 0 Å². The van der Waals surface area contributed by atoms with E-state index in [-0.39, 0.29) is 35.6 Å². The average Bonchev–Trinajstić information content (AvgIpc) is 3.66. The zero-order chi connectivity index (χ0) is 35.4. The summed E-state index contributed by atoms with van der Waals surface area (Å²) >= 11 is 13.1. The van der Waals surface area contributed by atoms with E-state index in [0.29, 0.717) is 11.3 Å². The molecule has 5 aromatic rings. The molecule has 0 saturated heterocycles. The van der Waals surface area contributed by atoms with Gasteiger partial charge in [-0.25, -0.2) is 6.08 Å². The summed E-state index contributed by atoms with van der Waals surface area (Å²) in [6.45, 7) is 22.6. The number of hydrogen-bond acceptors (Lipinski definition) is 0. The molecule has 0 spiro atoms. The van der Waals surface area contributed by atoms with Crippen molar-refractivity contribution in [2.24, 2.45) is 11.3 Å². The quantitative estimate of drug-likeness (QED) is 0.163. The van der Waals surface area contributed by atoms with Crippen molar-refractivity contribution in [3.63, 3.8) is 0 Å². The van der Waals surface area contributed by atoms with Gasteiger partial charge in [0.1, 0.15) is 0 Å². The molecule has 50 heavy (non-hydrogen) atoms. The molecule has 6 rings (SSSR count). The van der Waals surface area contributed by atoms with Gasteiger partial charge in [-0.05, 0) is 10.8 Å². The van der Waals surface area contributed by atoms with Crippen molar-refractivity contribution in [3.05, 3.63) is 147 Å². The molecule has 0 aliphatic heterocycles. The van der Waals surface area contributed by atoms with Crippen LogP contribution in [0.25, 0.3) is 21.5 Å². The van der Waals surface area contributed by atoms with Crippen molar-refractivity contribution < 1.29 is 49.0 Å². The number of rotatable bonds is 3. The van der Waals surface area contributed by atoms with Crippen LogP contribution >= 0.6 is 23.2 Å². The number of halogens is 4. The van der Waals surface area contributed by atoms with Crippen LogP contribution in [-0.4, -0.2) is 3.21 Å². The smallest absolute Gasteiger partial charge is 1.00 e. The maximum atomic E-state index is 5.86. The SMILES string of the molecule is CC(C)(C)c1ccc2c(c1)[cH-]c1cc(C(C)(C)C)ccc12.CCC1[C-]=CC(C(C)(C)C)=C1.Clc1ccc([C](=[Zr+2])c2ccc(Cl)cc2)cc1.[Cl-].[Cl-]. The van der Waals surface area contributed by atoms with E-state index in [4.69, 9.17) is 23.2 Å². The molecule has 0 heterocycles. The van der Waals surface area contributed by atoms with Gasteiger partial charge in [-0.1, -0.05) is 122 Å². The van der Waals surface area contributed by atoms with E-state index in [1.54, 1.807) is 0 Å². The minimum Gasteiger partial charge on any atom is -1.00 e. The largest absolute Gasteiger partial charge is 1.00 e. The topological polar surface area (TPSA) is 0 Å². The van der Waals surface area contributed by atoms with Crippen molar-refractivity contribution in [3.8, 4) is 0 Å². The molecule has 264 valence electrons. The van der Waals surface area contributed by atoms with Crippen LogP contribution in [-0.2, 0) is 35.1 Å². The number of benzene rings is 4. The predicted molar refractivity (Wildman–Crippen MR) is 210 cm³/mol. The summed E-state index contributed by atoms with van der Waals surface area (Å²) in [4.78, 5) is 0. The van der Waals surface area contributed by atoms with Gasteiger partial charge in [0.25, 0.3) is 0 Å². The first-order chi connectivity index (χ1) is 22.4. The Kier molecular flexibility index (Phi) is 16.2. The Bertz CT molecular complexity index is 1810. The molecule has 1 aliphatic rings. The fourth-order valence-electron chi connectivity index (χ4n) is 5.57. The Morgan fingerprint density at radius 1 is 0.640 bits per heavy atom. The van der Waals surface area contributed by atoms with Crippen LogP contribution < -0.4 is 24.8 Å². The van der Waals surface area contributed by atoms with Gasteiger partial charge in [0, 0.05) is 0 Å². The van der Waals surface area contributed by atoms with Crippen LogP contribution in [0.3, 0.4) is 0 Å². The van der Waals surface area contributed by atoms with Crippen LogP contribution in [0.2, 0.25) is 10.0 Å². The summed E-state index contributed by atoms with van der Waals surface area (Å²) in [5, 5.41) is 7.01. The standard InChI is InChI=1S/C21H25.C13H8Cl2.C11H17.2ClH.Zr/c1-20(2,3)16-7-9-18-14(12-16)11-15-13-17(21(4,5)6)8-10-19(15)18;14-12-5-1-10(2-6-12)9-11-3-7-13(15)8-4-11;1-5-9-6-7-10(8-9)11(2,3)4;;;/h7-13H,1-6H3;1-8H;7-9H,5H2,1-4H3;2*1H;/q-1;;-1;;;+2/p-2. The normalized spacial score (nSPS) is 14.1. The molecule has 1 atom stereocenters. The first-order valence-electron chi connectivity index (χ1n) is 16.9. The van der Waals surface area contributed by atoms with Gasteiger partial charge in [-0.3, -0.25) is 6.08 Å². The summed E-state index contributed by atoms with van der Waals surface area (Å²) in [6, 6.07) is 32.0. The summed E-state index contributed by atoms with van der Waals surface area (Å²) in [6.07, 6.45) is 9.00. The molecular weight excluding hydrogens is 774 g/mol. The Labute approximate surface area is 339 Å². The van der Waals surface area contributed by atoms with Crippen LogP contribution in [0.5, 0.6) is 0 Å². The fourth-order valence-corrected chi connectivity index (χ4v) is 6.64. The second-order valence-electron chi connectivity index (χ2n) is 15.8. The summed E-state index contributed by atoms with van der Waals surface area (Å²) in [7, 11) is 0. The van der Waals surface area contributed by atoms with Gasteiger partial charge in [0.2, 0.25) is 0 Å². The Morgan fingerprint density at radius 2 is 1.04 bits per heavy atom. The van der Waals surface area contributed by atoms with E-state index >= 15 is 0 Å². The van der Waals surface area contributed by atoms with Gasteiger partial charge < -0.3 is 24.8 Å². The van der Waals surface area contributed by atoms with E-state index in [1.807, 2.05) is 48.5 Å². The Morgan fingerprint density at radius 3 is 1.34 bits per heavy atom. The third-order valence-corrected chi connectivity index (χ3v) is 10.8. The molecule has 0 aromatic heterocycles. The van der Waals surface area contributed by atoms with E-state index in [1.165, 1.54) is 83.2 Å². The van der Waals surface area contributed by atoms with E-state index in [9.17, 15) is 0 Å². The summed E-state index contributed by atoms with van der Waals surface area (Å²) < 4.78 is 1.31. The van der Waals surface area contributed by atoms with Gasteiger partial charge in [0.15, 0.2) is 0 Å². The molecule has 0 radical (unpaired) electrons. The van der Waals surface area contributed by atoms with Crippen molar-refractivity contribution in [1.29, 1.82) is 0 Å². The number of hydrogen-bond donors (Lipinski definition) is 0. The Hall–Kier alpha value is -1.86. The summed E-state index contributed by atoms with van der Waals surface area (Å²) in [5.74, 6) is 0.573. The summed E-state index contributed by atoms with van der Waals surface area (Å²) in [5.41, 5.74) is 7.38. The second-order valence-corrected chi connectivity index (χ2v) is 17.9. The molecule has 0 fully saturated rings. The van der Waals surface area contributed by atoms with Gasteiger partial charge in [-0.15, -0.1) is 39.7 Å². The second kappa shape index (κ2) is 18.3. The molecule has 1 aliphatic carbocycles. The molecule has 0 nitrogen and oxygen atoms in total. The zero-order valence-corrected chi connectivity index (χ0v) is 36.6. The average molecular weight is 824 g/mol. The van der Waals surface area contributed by atoms with Gasteiger partial charge in [0.05, 0.1) is 0 Å². The molecule has 0 amide bonds. The third kappa shape index (κ3) is 11.8. The molecule has 5 heteroatoms. The van der Waals surface area contributed by atoms with E-state index in [0.717, 1.165) is 10.0 Å². The first-order valence-corrected chi connectivity index (χ1v) is 18.9. The maximum Gasteiger partial charge on any atom is -1.00 e. The number of fused-ring (bicyclic) bond motifs is 3. The molecule has 0 bridgehead atoms. The first kappa shape index (κ1) is 44.3. The zero-order valence-electron chi connectivity index (χ0n) is 31.1. The monoisotopic (exact) mass is 820 g/mol. The molecular formula is C45H50Cl4Zr-2. The predicted octanol–water partition coefficient (Wildman–Crippen LogP) is 7.78. The van der Waals surface area contributed by atoms with Crippen LogP contribution in [0, 0.1) is 17.4 Å². The van der Waals surface area contributed by atoms with E-state index < -0.39 is 0 Å². The minimum atomic E-state index is 0. The third-order valence-electron chi connectivity index (χ3n) is 8.84. The maximum absolute atomic E-state index is 5.86. The van der Waals surface area contributed by atoms with Gasteiger partial charge >= 0.3 is 120 Å². The Balaban J connectivity index is 0.000000268. The van der Waals surface area contributed by atoms with Crippen LogP contribution in [0.1, 0.15) is 97.9 Å². The van der Waals surface area contributed by atoms with Gasteiger partial charge in [-0.2, -0.15) is 11.6 Å². The van der Waals surface area contributed by atoms with E-state index in [2.05, 4.69) is 130 Å². The molecule has 1 unspecified atom stereocenters. The minimum absolute atomic E-state index is 0. The fraction of sp³-hybridized carbons (Fsp3) is 0.333. The van der Waals surface area contributed by atoms with Crippen molar-refractivity contribution >= 4 is 48.0 Å². The molecule has 0 N–H and O–H groups in total. The number of allylic oxidation sites excluding steroid dienone is 4. The van der Waals surface area contributed by atoms with Crippen molar-refractivity contribution in [1.82, 2.24) is 0 Å².